The second-order valence-electron chi connectivity index (χ2n) is 4.14. The fourth-order valence-corrected chi connectivity index (χ4v) is 1.51. The van der Waals surface area contributed by atoms with E-state index in [4.69, 9.17) is 5.73 Å². The molecule has 4 nitrogen and oxygen atoms in total. The van der Waals surface area contributed by atoms with Crippen LogP contribution in [0.15, 0.2) is 24.3 Å². The van der Waals surface area contributed by atoms with E-state index < -0.39 is 0 Å². The van der Waals surface area contributed by atoms with Crippen LogP contribution in [0.5, 0.6) is 0 Å². The quantitative estimate of drug-likeness (QED) is 0.607. The minimum atomic E-state index is -0.0540. The Balaban J connectivity index is 2.46. The topological polar surface area (TPSA) is 58.4 Å². The van der Waals surface area contributed by atoms with Gasteiger partial charge in [0.1, 0.15) is 0 Å². The summed E-state index contributed by atoms with van der Waals surface area (Å²) in [6.07, 6.45) is 2.09. The molecule has 4 heteroatoms. The standard InChI is InChI=1S/C13H21N3O/c1-3-4-9-15-13(17)16(2)10-11-7-5-6-8-12(11)14/h5-8H,3-4,9-10,14H2,1-2H3,(H,15,17). The maximum Gasteiger partial charge on any atom is 0.317 e. The summed E-state index contributed by atoms with van der Waals surface area (Å²) in [7, 11) is 1.77. The minimum absolute atomic E-state index is 0.0540. The molecule has 3 N–H and O–H groups in total. The molecule has 0 spiro atoms. The second kappa shape index (κ2) is 6.78. The molecule has 1 rings (SSSR count). The molecule has 0 aliphatic heterocycles. The van der Waals surface area contributed by atoms with Gasteiger partial charge in [-0.1, -0.05) is 31.5 Å². The highest BCUT2D eigenvalue weighted by Gasteiger charge is 2.09. The number of amides is 2. The number of nitrogen functional groups attached to an aromatic ring is 1. The van der Waals surface area contributed by atoms with Gasteiger partial charge in [-0.2, -0.15) is 0 Å². The van der Waals surface area contributed by atoms with Crippen LogP contribution in [0.3, 0.4) is 0 Å². The maximum absolute atomic E-state index is 11.7. The number of para-hydroxylation sites is 1. The number of nitrogens with one attached hydrogen (secondary N) is 1. The van der Waals surface area contributed by atoms with E-state index in [0.717, 1.165) is 30.6 Å². The smallest absolute Gasteiger partial charge is 0.317 e. The van der Waals surface area contributed by atoms with Crippen LogP contribution < -0.4 is 11.1 Å². The van der Waals surface area contributed by atoms with Crippen LogP contribution in [0.25, 0.3) is 0 Å². The van der Waals surface area contributed by atoms with Gasteiger partial charge in [-0.15, -0.1) is 0 Å². The number of nitrogens with zero attached hydrogens (tertiary/aromatic N) is 1. The van der Waals surface area contributed by atoms with Crippen molar-refractivity contribution in [2.75, 3.05) is 19.3 Å². The predicted octanol–water partition coefficient (Wildman–Crippen LogP) is 2.21. The van der Waals surface area contributed by atoms with E-state index in [9.17, 15) is 4.79 Å². The number of unbranched alkanes of at least 4 members (excludes halogenated alkanes) is 1. The Morgan fingerprint density at radius 2 is 2.12 bits per heavy atom. The first-order valence-electron chi connectivity index (χ1n) is 5.97. The largest absolute Gasteiger partial charge is 0.398 e. The lowest BCUT2D eigenvalue weighted by Gasteiger charge is -2.18. The van der Waals surface area contributed by atoms with Crippen molar-refractivity contribution in [3.05, 3.63) is 29.8 Å². The van der Waals surface area contributed by atoms with E-state index in [1.807, 2.05) is 24.3 Å². The Hall–Kier alpha value is -1.71. The maximum atomic E-state index is 11.7. The van der Waals surface area contributed by atoms with Crippen molar-refractivity contribution < 1.29 is 4.79 Å². The summed E-state index contributed by atoms with van der Waals surface area (Å²) in [5.41, 5.74) is 7.53. The van der Waals surface area contributed by atoms with E-state index in [0.29, 0.717) is 6.54 Å². The molecule has 0 unspecified atom stereocenters. The molecule has 94 valence electrons. The van der Waals surface area contributed by atoms with Crippen LogP contribution in [-0.4, -0.2) is 24.5 Å². The minimum Gasteiger partial charge on any atom is -0.398 e. The Morgan fingerprint density at radius 1 is 1.41 bits per heavy atom. The van der Waals surface area contributed by atoms with Gasteiger partial charge in [0.15, 0.2) is 0 Å². The summed E-state index contributed by atoms with van der Waals surface area (Å²) in [5.74, 6) is 0. The van der Waals surface area contributed by atoms with Crippen molar-refractivity contribution in [1.29, 1.82) is 0 Å². The third kappa shape index (κ3) is 4.34. The third-order valence-corrected chi connectivity index (χ3v) is 2.62. The van der Waals surface area contributed by atoms with Crippen LogP contribution in [0.2, 0.25) is 0 Å². The van der Waals surface area contributed by atoms with E-state index in [1.54, 1.807) is 11.9 Å². The molecule has 0 bridgehead atoms. The molecule has 1 aromatic carbocycles. The molecular formula is C13H21N3O. The van der Waals surface area contributed by atoms with Crippen LogP contribution in [-0.2, 0) is 6.54 Å². The molecule has 0 heterocycles. The van der Waals surface area contributed by atoms with Crippen molar-refractivity contribution in [3.63, 3.8) is 0 Å². The zero-order chi connectivity index (χ0) is 12.7. The Bertz CT molecular complexity index is 365. The summed E-state index contributed by atoms with van der Waals surface area (Å²) >= 11 is 0. The van der Waals surface area contributed by atoms with Gasteiger partial charge in [0.05, 0.1) is 0 Å². The number of hydrogen-bond acceptors (Lipinski definition) is 2. The summed E-state index contributed by atoms with van der Waals surface area (Å²) in [5, 5.41) is 2.87. The van der Waals surface area contributed by atoms with Crippen molar-refractivity contribution >= 4 is 11.7 Å². The van der Waals surface area contributed by atoms with Crippen molar-refractivity contribution in [2.45, 2.75) is 26.3 Å². The highest BCUT2D eigenvalue weighted by Crippen LogP contribution is 2.12. The van der Waals surface area contributed by atoms with Gasteiger partial charge in [-0.05, 0) is 18.1 Å². The SMILES string of the molecule is CCCCNC(=O)N(C)Cc1ccccc1N. The first-order valence-corrected chi connectivity index (χ1v) is 5.97. The fourth-order valence-electron chi connectivity index (χ4n) is 1.51. The third-order valence-electron chi connectivity index (χ3n) is 2.62. The van der Waals surface area contributed by atoms with Gasteiger partial charge in [0, 0.05) is 25.8 Å². The zero-order valence-electron chi connectivity index (χ0n) is 10.6. The first-order chi connectivity index (χ1) is 8.15. The van der Waals surface area contributed by atoms with E-state index in [-0.39, 0.29) is 6.03 Å². The second-order valence-corrected chi connectivity index (χ2v) is 4.14. The van der Waals surface area contributed by atoms with Crippen molar-refractivity contribution in [1.82, 2.24) is 10.2 Å². The molecule has 0 aliphatic carbocycles. The van der Waals surface area contributed by atoms with Crippen LogP contribution in [0, 0.1) is 0 Å². The Labute approximate surface area is 103 Å². The molecular weight excluding hydrogens is 214 g/mol. The lowest BCUT2D eigenvalue weighted by molar-refractivity contribution is 0.207. The molecule has 0 saturated carbocycles. The number of carbonyl (C=O) groups is 1. The molecule has 0 fully saturated rings. The molecule has 0 radical (unpaired) electrons. The summed E-state index contributed by atoms with van der Waals surface area (Å²) in [6, 6.07) is 7.54. The highest BCUT2D eigenvalue weighted by molar-refractivity contribution is 5.74. The predicted molar refractivity (Wildman–Crippen MR) is 70.6 cm³/mol. The number of anilines is 1. The van der Waals surface area contributed by atoms with E-state index in [2.05, 4.69) is 12.2 Å². The van der Waals surface area contributed by atoms with Crippen LogP contribution in [0.4, 0.5) is 10.5 Å². The van der Waals surface area contributed by atoms with Crippen molar-refractivity contribution in [2.24, 2.45) is 0 Å². The van der Waals surface area contributed by atoms with Gasteiger partial charge in [0.25, 0.3) is 0 Å². The van der Waals surface area contributed by atoms with Crippen LogP contribution >= 0.6 is 0 Å². The fraction of sp³-hybridized carbons (Fsp3) is 0.462. The number of benzene rings is 1. The molecule has 17 heavy (non-hydrogen) atoms. The monoisotopic (exact) mass is 235 g/mol. The van der Waals surface area contributed by atoms with E-state index in [1.165, 1.54) is 0 Å². The first kappa shape index (κ1) is 13.4. The molecule has 0 aromatic heterocycles. The van der Waals surface area contributed by atoms with Crippen molar-refractivity contribution in [3.8, 4) is 0 Å². The van der Waals surface area contributed by atoms with Gasteiger partial charge >= 0.3 is 6.03 Å². The van der Waals surface area contributed by atoms with Gasteiger partial charge in [0.2, 0.25) is 0 Å². The Morgan fingerprint density at radius 3 is 2.76 bits per heavy atom. The van der Waals surface area contributed by atoms with E-state index >= 15 is 0 Å². The van der Waals surface area contributed by atoms with Gasteiger partial charge in [-0.25, -0.2) is 4.79 Å². The summed E-state index contributed by atoms with van der Waals surface area (Å²) in [4.78, 5) is 13.3. The number of urea groups is 1. The lowest BCUT2D eigenvalue weighted by Crippen LogP contribution is -2.37. The molecule has 1 aromatic rings. The summed E-state index contributed by atoms with van der Waals surface area (Å²) < 4.78 is 0. The average molecular weight is 235 g/mol. The number of rotatable bonds is 5. The zero-order valence-corrected chi connectivity index (χ0v) is 10.6. The molecule has 0 aliphatic rings. The molecule has 2 amide bonds. The number of nitrogens with two attached hydrogens (primary N) is 1. The van der Waals surface area contributed by atoms with Gasteiger partial charge < -0.3 is 16.0 Å². The summed E-state index contributed by atoms with van der Waals surface area (Å²) in [6.45, 7) is 3.36. The molecule has 0 saturated heterocycles. The number of hydrogen-bond donors (Lipinski definition) is 2. The number of carbonyl (C=O) groups excluding carboxylic acids is 1. The highest BCUT2D eigenvalue weighted by atomic mass is 16.2. The van der Waals surface area contributed by atoms with Gasteiger partial charge in [-0.3, -0.25) is 0 Å². The van der Waals surface area contributed by atoms with Crippen LogP contribution in [0.1, 0.15) is 25.3 Å². The normalized spacial score (nSPS) is 10.0. The lowest BCUT2D eigenvalue weighted by atomic mass is 10.2. The average Bonchev–Trinajstić information content (AvgIpc) is 2.32. The molecule has 0 atom stereocenters. The Kier molecular flexibility index (Phi) is 5.33.